The van der Waals surface area contributed by atoms with E-state index >= 15 is 0 Å². The molecule has 0 aromatic heterocycles. The van der Waals surface area contributed by atoms with Crippen LogP contribution in [0.15, 0.2) is 0 Å². The van der Waals surface area contributed by atoms with Crippen molar-refractivity contribution in [2.75, 3.05) is 13.6 Å². The molecule has 10 heteroatoms. The fraction of sp³-hybridized carbons (Fsp3) is 0.800. The van der Waals surface area contributed by atoms with Crippen molar-refractivity contribution in [3.05, 3.63) is 0 Å². The van der Waals surface area contributed by atoms with Crippen LogP contribution in [0.25, 0.3) is 0 Å². The largest absolute Gasteiger partial charge is 0.735 e. The van der Waals surface area contributed by atoms with E-state index in [2.05, 4.69) is 4.72 Å². The molecule has 0 heterocycles. The standard InChI is InChI=1S/C6H13NO3S.C4H9N3O2/c8-11(9,10)7-6-4-2-1-3-5-6;1-7(4(5)6)2-3(8)9/h6-7H,1-5H2,(H,8,9,10);2H2,1H3,(H4,5,6,8,9). The number of rotatable bonds is 4. The molecule has 0 saturated heterocycles. The first-order valence-corrected chi connectivity index (χ1v) is 7.56. The highest BCUT2D eigenvalue weighted by Crippen LogP contribution is 2.17. The van der Waals surface area contributed by atoms with Crippen LogP contribution < -0.4 is 16.2 Å². The number of nitrogens with one attached hydrogen (secondary N) is 1. The third kappa shape index (κ3) is 10.5. The van der Waals surface area contributed by atoms with Gasteiger partial charge in [-0.15, -0.1) is 0 Å². The van der Waals surface area contributed by atoms with E-state index in [1.165, 1.54) is 11.6 Å². The Bertz CT molecular complexity index is 439. The van der Waals surface area contributed by atoms with Gasteiger partial charge in [0.2, 0.25) is 0 Å². The summed E-state index contributed by atoms with van der Waals surface area (Å²) in [5.74, 6) is -0.941. The lowest BCUT2D eigenvalue weighted by Gasteiger charge is -2.23. The van der Waals surface area contributed by atoms with Gasteiger partial charge in [-0.05, 0) is 12.8 Å². The predicted molar refractivity (Wildman–Crippen MR) is 71.8 cm³/mol. The molecule has 0 spiro atoms. The number of carbonyl (C=O) groups is 1. The van der Waals surface area contributed by atoms with Crippen LogP contribution in [0.2, 0.25) is 0 Å². The summed E-state index contributed by atoms with van der Waals surface area (Å²) in [5, 5.41) is 8.17. The van der Waals surface area contributed by atoms with Crippen molar-refractivity contribution in [2.45, 2.75) is 38.1 Å². The van der Waals surface area contributed by atoms with E-state index in [0.29, 0.717) is 0 Å². The number of carboxylic acid groups (broad SMARTS) is 1. The summed E-state index contributed by atoms with van der Waals surface area (Å²) in [6.45, 7) is -0.164. The molecule has 0 aliphatic heterocycles. The summed E-state index contributed by atoms with van der Waals surface area (Å²) in [6.07, 6.45) is 4.81. The first kappa shape index (κ1) is 18.6. The Morgan fingerprint density at radius 3 is 2.15 bits per heavy atom. The summed E-state index contributed by atoms with van der Waals surface area (Å²) in [5.41, 5.74) is 10.1. The molecule has 0 aromatic carbocycles. The van der Waals surface area contributed by atoms with Crippen LogP contribution >= 0.6 is 0 Å². The summed E-state index contributed by atoms with van der Waals surface area (Å²) in [6, 6.07) is -0.105. The van der Waals surface area contributed by atoms with Gasteiger partial charge in [-0.2, -0.15) is 0 Å². The average molecular weight is 310 g/mol. The van der Waals surface area contributed by atoms with E-state index in [1.54, 1.807) is 0 Å². The molecule has 1 fully saturated rings. The van der Waals surface area contributed by atoms with Gasteiger partial charge in [0.25, 0.3) is 0 Å². The van der Waals surface area contributed by atoms with Gasteiger partial charge in [-0.25, -0.2) is 17.9 Å². The second kappa shape index (κ2) is 8.72. The Morgan fingerprint density at radius 2 is 1.85 bits per heavy atom. The molecule has 0 amide bonds. The van der Waals surface area contributed by atoms with Crippen LogP contribution in [0, 0.1) is 0 Å². The minimum atomic E-state index is -4.22. The molecule has 0 unspecified atom stereocenters. The van der Waals surface area contributed by atoms with Gasteiger partial charge >= 0.3 is 11.9 Å². The number of hydrogen-bond donors (Lipinski definition) is 4. The molecule has 0 radical (unpaired) electrons. The number of likely N-dealkylation sites (N-methyl/N-ethyl adjacent to an activating group) is 1. The molecule has 1 saturated carbocycles. The Hall–Kier alpha value is -1.39. The second-order valence-corrected chi connectivity index (χ2v) is 5.73. The molecule has 6 N–H and O–H groups in total. The molecular formula is C10H22N4O5S. The smallest absolute Gasteiger partial charge is 0.341 e. The van der Waals surface area contributed by atoms with Gasteiger partial charge in [-0.3, -0.25) is 16.0 Å². The third-order valence-corrected chi connectivity index (χ3v) is 3.35. The fourth-order valence-corrected chi connectivity index (χ4v) is 2.36. The lowest BCUT2D eigenvalue weighted by atomic mass is 9.96. The third-order valence-electron chi connectivity index (χ3n) is 2.73. The van der Waals surface area contributed by atoms with Crippen molar-refractivity contribution >= 4 is 22.2 Å². The van der Waals surface area contributed by atoms with E-state index in [9.17, 15) is 17.8 Å². The molecule has 118 valence electrons. The predicted octanol–water partition coefficient (Wildman–Crippen LogP) is -1.64. The Morgan fingerprint density at radius 1 is 1.35 bits per heavy atom. The summed E-state index contributed by atoms with van der Waals surface area (Å²) in [4.78, 5) is 9.95. The van der Waals surface area contributed by atoms with Gasteiger partial charge in [0.1, 0.15) is 0 Å². The maximum Gasteiger partial charge on any atom is 0.341 e. The highest BCUT2D eigenvalue weighted by molar-refractivity contribution is 7.83. The van der Waals surface area contributed by atoms with Crippen LogP contribution in [0.1, 0.15) is 32.1 Å². The molecule has 20 heavy (non-hydrogen) atoms. The van der Waals surface area contributed by atoms with E-state index < -0.39 is 16.3 Å². The van der Waals surface area contributed by atoms with Gasteiger partial charge in [0, 0.05) is 6.04 Å². The van der Waals surface area contributed by atoms with Crippen LogP contribution in [-0.2, 0) is 15.1 Å². The molecule has 1 aliphatic rings. The average Bonchev–Trinajstić information content (AvgIpc) is 2.27. The quantitative estimate of drug-likeness (QED) is 0.209. The Labute approximate surface area is 118 Å². The van der Waals surface area contributed by atoms with Crippen LogP contribution in [-0.4, -0.2) is 54.2 Å². The van der Waals surface area contributed by atoms with Crippen molar-refractivity contribution in [3.8, 4) is 0 Å². The number of aliphatic carboxylic acids is 1. The van der Waals surface area contributed by atoms with Crippen LogP contribution in [0.3, 0.4) is 0 Å². The molecule has 0 aromatic rings. The molecule has 0 bridgehead atoms. The molecular weight excluding hydrogens is 288 g/mol. The maximum absolute atomic E-state index is 10.2. The minimum absolute atomic E-state index is 0.0115. The highest BCUT2D eigenvalue weighted by Gasteiger charge is 2.14. The molecule has 0 atom stereocenters. The lowest BCUT2D eigenvalue weighted by molar-refractivity contribution is -0.489. The zero-order chi connectivity index (χ0) is 15.8. The van der Waals surface area contributed by atoms with Crippen molar-refractivity contribution in [3.63, 3.8) is 0 Å². The van der Waals surface area contributed by atoms with Crippen molar-refractivity contribution in [2.24, 2.45) is 11.5 Å². The zero-order valence-corrected chi connectivity index (χ0v) is 12.2. The first-order valence-electron chi connectivity index (χ1n) is 6.15. The zero-order valence-electron chi connectivity index (χ0n) is 11.4. The van der Waals surface area contributed by atoms with E-state index in [0.717, 1.165) is 32.1 Å². The minimum Gasteiger partial charge on any atom is -0.735 e. The number of hydrogen-bond acceptors (Lipinski definition) is 4. The monoisotopic (exact) mass is 310 g/mol. The van der Waals surface area contributed by atoms with Gasteiger partial charge in [0.15, 0.2) is 16.8 Å². The van der Waals surface area contributed by atoms with Crippen molar-refractivity contribution in [1.82, 2.24) is 4.72 Å². The summed E-state index contributed by atoms with van der Waals surface area (Å²) < 4.78 is 34.0. The van der Waals surface area contributed by atoms with Gasteiger partial charge < -0.3 is 9.66 Å². The normalized spacial score (nSPS) is 15.9. The van der Waals surface area contributed by atoms with Gasteiger partial charge in [0.05, 0.1) is 7.05 Å². The number of nitrogens with zero attached hydrogens (tertiary/aromatic N) is 1. The SMILES string of the molecule is C[N+](CC(=O)O)=C(N)N.O=S(=O)([O-])NC1CCCCC1. The van der Waals surface area contributed by atoms with E-state index in [1.807, 2.05) is 0 Å². The highest BCUT2D eigenvalue weighted by atomic mass is 32.2. The lowest BCUT2D eigenvalue weighted by Crippen LogP contribution is -2.36. The summed E-state index contributed by atoms with van der Waals surface area (Å²) in [7, 11) is -2.72. The number of carboxylic acids is 1. The van der Waals surface area contributed by atoms with E-state index in [-0.39, 0.29) is 18.5 Å². The summed E-state index contributed by atoms with van der Waals surface area (Å²) >= 11 is 0. The maximum atomic E-state index is 10.2. The topological polar surface area (TPSA) is 162 Å². The van der Waals surface area contributed by atoms with Crippen LogP contribution in [0.5, 0.6) is 0 Å². The fourth-order valence-electron chi connectivity index (χ4n) is 1.72. The molecule has 1 rings (SSSR count). The van der Waals surface area contributed by atoms with E-state index in [4.69, 9.17) is 16.6 Å². The van der Waals surface area contributed by atoms with Crippen molar-refractivity contribution in [1.29, 1.82) is 0 Å². The molecule has 9 nitrogen and oxygen atoms in total. The number of guanidine groups is 1. The first-order chi connectivity index (χ1) is 9.11. The van der Waals surface area contributed by atoms with Crippen molar-refractivity contribution < 1.29 is 27.4 Å². The van der Waals surface area contributed by atoms with Crippen LogP contribution in [0.4, 0.5) is 0 Å². The second-order valence-electron chi connectivity index (χ2n) is 4.58. The molecule has 1 aliphatic carbocycles. The Balaban J connectivity index is 0.000000370. The Kier molecular flexibility index (Phi) is 8.11. The van der Waals surface area contributed by atoms with Gasteiger partial charge in [-0.1, -0.05) is 19.3 Å². The number of nitrogens with two attached hydrogens (primary N) is 2.